The quantitative estimate of drug-likeness (QED) is 0.803. The number of rotatable bonds is 6. The van der Waals surface area contributed by atoms with Gasteiger partial charge >= 0.3 is 0 Å². The molecule has 0 spiro atoms. The summed E-state index contributed by atoms with van der Waals surface area (Å²) in [5.74, 6) is 0.723. The van der Waals surface area contributed by atoms with E-state index in [-0.39, 0.29) is 0 Å². The first-order valence-corrected chi connectivity index (χ1v) is 6.64. The maximum Gasteiger partial charge on any atom is 0.178 e. The molecule has 0 saturated carbocycles. The van der Waals surface area contributed by atoms with Crippen LogP contribution in [0, 0.1) is 13.8 Å². The summed E-state index contributed by atoms with van der Waals surface area (Å²) in [5.41, 5.74) is 4.07. The minimum absolute atomic E-state index is 0.700. The molecule has 2 heterocycles. The number of imidazole rings is 1. The summed E-state index contributed by atoms with van der Waals surface area (Å²) in [4.78, 5) is 13.3. The van der Waals surface area contributed by atoms with Crippen LogP contribution in [-0.4, -0.2) is 39.8 Å². The summed E-state index contributed by atoms with van der Waals surface area (Å²) in [6.45, 7) is 6.31. The molecule has 108 valence electrons. The van der Waals surface area contributed by atoms with E-state index in [1.165, 1.54) is 0 Å². The lowest BCUT2D eigenvalue weighted by atomic mass is 10.1. The molecule has 20 heavy (non-hydrogen) atoms. The molecule has 0 radical (unpaired) electrons. The van der Waals surface area contributed by atoms with Crippen molar-refractivity contribution in [2.45, 2.75) is 20.4 Å². The molecule has 2 aromatic rings. The highest BCUT2D eigenvalue weighted by atomic mass is 16.5. The predicted octanol–water partition coefficient (Wildman–Crippen LogP) is 1.23. The van der Waals surface area contributed by atoms with Crippen LogP contribution >= 0.6 is 0 Å². The fraction of sp³-hybridized carbons (Fsp3) is 0.500. The summed E-state index contributed by atoms with van der Waals surface area (Å²) in [6.07, 6.45) is 3.54. The molecule has 1 N–H and O–H groups in total. The van der Waals surface area contributed by atoms with Crippen LogP contribution in [0.5, 0.6) is 0 Å². The molecule has 0 amide bonds. The van der Waals surface area contributed by atoms with Crippen molar-refractivity contribution in [3.63, 3.8) is 0 Å². The number of nitrogens with zero attached hydrogens (tertiary/aromatic N) is 4. The van der Waals surface area contributed by atoms with Gasteiger partial charge in [0.25, 0.3) is 0 Å². The largest absolute Gasteiger partial charge is 0.383 e. The Balaban J connectivity index is 2.19. The number of methoxy groups -OCH3 is 1. The van der Waals surface area contributed by atoms with Crippen molar-refractivity contribution in [3.8, 4) is 11.5 Å². The van der Waals surface area contributed by atoms with E-state index in [0.717, 1.165) is 41.6 Å². The Hall–Kier alpha value is -1.79. The molecule has 0 unspecified atom stereocenters. The first-order chi connectivity index (χ1) is 9.63. The highest BCUT2D eigenvalue weighted by Crippen LogP contribution is 2.17. The Morgan fingerprint density at radius 2 is 1.95 bits per heavy atom. The first-order valence-electron chi connectivity index (χ1n) is 6.64. The number of hydrogen-bond donors (Lipinski definition) is 1. The Labute approximate surface area is 119 Å². The predicted molar refractivity (Wildman–Crippen MR) is 77.3 cm³/mol. The van der Waals surface area contributed by atoms with Crippen molar-refractivity contribution in [3.05, 3.63) is 29.5 Å². The second kappa shape index (κ2) is 6.58. The Morgan fingerprint density at radius 3 is 2.50 bits per heavy atom. The lowest BCUT2D eigenvalue weighted by Crippen LogP contribution is -2.20. The number of ether oxygens (including phenoxy) is 1. The number of aryl methyl sites for hydroxylation is 3. The van der Waals surface area contributed by atoms with E-state index in [4.69, 9.17) is 4.74 Å². The monoisotopic (exact) mass is 275 g/mol. The van der Waals surface area contributed by atoms with Crippen LogP contribution < -0.4 is 5.32 Å². The van der Waals surface area contributed by atoms with Gasteiger partial charge in [0.2, 0.25) is 0 Å². The van der Waals surface area contributed by atoms with Gasteiger partial charge in [-0.2, -0.15) is 0 Å². The van der Waals surface area contributed by atoms with Crippen molar-refractivity contribution in [2.75, 3.05) is 20.3 Å². The standard InChI is InChI=1S/C14H21N5O/c1-10-12(7-15-5-6-20-4)11(2)18-14(17-10)13-8-16-9-19(13)3/h8-9,15H,5-7H2,1-4H3. The van der Waals surface area contributed by atoms with Gasteiger partial charge in [-0.3, -0.25) is 0 Å². The van der Waals surface area contributed by atoms with Gasteiger partial charge in [0.1, 0.15) is 5.69 Å². The molecule has 0 saturated heterocycles. The van der Waals surface area contributed by atoms with Crippen molar-refractivity contribution in [1.82, 2.24) is 24.8 Å². The maximum absolute atomic E-state index is 5.02. The van der Waals surface area contributed by atoms with Crippen molar-refractivity contribution >= 4 is 0 Å². The summed E-state index contributed by atoms with van der Waals surface area (Å²) >= 11 is 0. The van der Waals surface area contributed by atoms with Crippen LogP contribution in [-0.2, 0) is 18.3 Å². The lowest BCUT2D eigenvalue weighted by molar-refractivity contribution is 0.199. The molecular weight excluding hydrogens is 254 g/mol. The average Bonchev–Trinajstić information content (AvgIpc) is 2.83. The van der Waals surface area contributed by atoms with Crippen LogP contribution in [0.1, 0.15) is 17.0 Å². The van der Waals surface area contributed by atoms with Gasteiger partial charge in [-0.1, -0.05) is 0 Å². The lowest BCUT2D eigenvalue weighted by Gasteiger charge is -2.12. The van der Waals surface area contributed by atoms with E-state index >= 15 is 0 Å². The summed E-state index contributed by atoms with van der Waals surface area (Å²) in [6, 6.07) is 0. The van der Waals surface area contributed by atoms with Gasteiger partial charge in [-0.25, -0.2) is 15.0 Å². The molecule has 2 rings (SSSR count). The van der Waals surface area contributed by atoms with E-state index < -0.39 is 0 Å². The zero-order chi connectivity index (χ0) is 14.5. The first kappa shape index (κ1) is 14.6. The van der Waals surface area contributed by atoms with Gasteiger partial charge in [0, 0.05) is 44.2 Å². The summed E-state index contributed by atoms with van der Waals surface area (Å²) in [5, 5.41) is 3.33. The van der Waals surface area contributed by atoms with E-state index in [0.29, 0.717) is 6.61 Å². The van der Waals surface area contributed by atoms with Crippen LogP contribution in [0.3, 0.4) is 0 Å². The molecule has 0 atom stereocenters. The van der Waals surface area contributed by atoms with Crippen LogP contribution in [0.15, 0.2) is 12.5 Å². The van der Waals surface area contributed by atoms with E-state index in [9.17, 15) is 0 Å². The third kappa shape index (κ3) is 3.20. The number of hydrogen-bond acceptors (Lipinski definition) is 5. The fourth-order valence-corrected chi connectivity index (χ4v) is 2.07. The third-order valence-electron chi connectivity index (χ3n) is 3.25. The highest BCUT2D eigenvalue weighted by molar-refractivity contribution is 5.49. The molecule has 6 nitrogen and oxygen atoms in total. The minimum Gasteiger partial charge on any atom is -0.383 e. The topological polar surface area (TPSA) is 64.9 Å². The molecule has 0 bridgehead atoms. The van der Waals surface area contributed by atoms with Crippen molar-refractivity contribution < 1.29 is 4.74 Å². The van der Waals surface area contributed by atoms with Crippen molar-refractivity contribution in [1.29, 1.82) is 0 Å². The number of aromatic nitrogens is 4. The molecule has 0 aliphatic rings. The van der Waals surface area contributed by atoms with Gasteiger partial charge in [0.15, 0.2) is 5.82 Å². The fourth-order valence-electron chi connectivity index (χ4n) is 2.07. The molecule has 2 aromatic heterocycles. The van der Waals surface area contributed by atoms with E-state index in [1.807, 2.05) is 25.5 Å². The molecule has 0 aliphatic carbocycles. The Bertz CT molecular complexity index is 556. The van der Waals surface area contributed by atoms with Crippen LogP contribution in [0.25, 0.3) is 11.5 Å². The maximum atomic E-state index is 5.02. The molecule has 0 aromatic carbocycles. The second-order valence-corrected chi connectivity index (χ2v) is 4.76. The molecule has 0 aliphatic heterocycles. The molecular formula is C14H21N5O. The summed E-state index contributed by atoms with van der Waals surface area (Å²) < 4.78 is 6.94. The zero-order valence-electron chi connectivity index (χ0n) is 12.5. The Morgan fingerprint density at radius 1 is 1.25 bits per heavy atom. The van der Waals surface area contributed by atoms with Gasteiger partial charge < -0.3 is 14.6 Å². The molecule has 6 heteroatoms. The van der Waals surface area contributed by atoms with E-state index in [2.05, 4.69) is 20.3 Å². The average molecular weight is 275 g/mol. The third-order valence-corrected chi connectivity index (χ3v) is 3.25. The normalized spacial score (nSPS) is 11.0. The SMILES string of the molecule is COCCNCc1c(C)nc(-c2cncn2C)nc1C. The van der Waals surface area contributed by atoms with Crippen LogP contribution in [0.2, 0.25) is 0 Å². The summed E-state index contributed by atoms with van der Waals surface area (Å²) in [7, 11) is 3.64. The minimum atomic E-state index is 0.700. The highest BCUT2D eigenvalue weighted by Gasteiger charge is 2.11. The van der Waals surface area contributed by atoms with Crippen molar-refractivity contribution in [2.24, 2.45) is 7.05 Å². The second-order valence-electron chi connectivity index (χ2n) is 4.76. The molecule has 0 fully saturated rings. The Kier molecular flexibility index (Phi) is 4.81. The van der Waals surface area contributed by atoms with Crippen LogP contribution in [0.4, 0.5) is 0 Å². The smallest absolute Gasteiger partial charge is 0.178 e. The van der Waals surface area contributed by atoms with Gasteiger partial charge in [-0.05, 0) is 13.8 Å². The van der Waals surface area contributed by atoms with E-state index in [1.54, 1.807) is 19.6 Å². The number of nitrogens with one attached hydrogen (secondary N) is 1. The van der Waals surface area contributed by atoms with Gasteiger partial charge in [0.05, 0.1) is 19.1 Å². The van der Waals surface area contributed by atoms with Gasteiger partial charge in [-0.15, -0.1) is 0 Å². The zero-order valence-corrected chi connectivity index (χ0v) is 12.5.